The molecule has 0 saturated carbocycles. The van der Waals surface area contributed by atoms with Crippen LogP contribution in [0, 0.1) is 0 Å². The highest BCUT2D eigenvalue weighted by atomic mass is 32.2. The quantitative estimate of drug-likeness (QED) is 0.0871. The monoisotopic (exact) mass is 522 g/mol. The van der Waals surface area contributed by atoms with Crippen LogP contribution in [0.1, 0.15) is 89.9 Å². The van der Waals surface area contributed by atoms with Crippen molar-refractivity contribution < 1.29 is 51.5 Å². The number of hydrogen-bond donors (Lipinski definition) is 0. The predicted octanol–water partition coefficient (Wildman–Crippen LogP) is 6.18. The van der Waals surface area contributed by atoms with Crippen LogP contribution in [0.3, 0.4) is 0 Å². The second-order valence-corrected chi connectivity index (χ2v) is 10.6. The summed E-state index contributed by atoms with van der Waals surface area (Å²) in [4.78, 5) is 0. The second-order valence-electron chi connectivity index (χ2n) is 7.39. The first-order valence-corrected chi connectivity index (χ1v) is 13.4. The van der Waals surface area contributed by atoms with E-state index >= 15 is 0 Å². The van der Waals surface area contributed by atoms with Crippen LogP contribution in [-0.4, -0.2) is 41.1 Å². The lowest BCUT2D eigenvalue weighted by Crippen LogP contribution is -2.25. The van der Waals surface area contributed by atoms with E-state index in [2.05, 4.69) is 8.37 Å². The molecule has 0 N–H and O–H groups in total. The molecule has 0 aliphatic rings. The van der Waals surface area contributed by atoms with Crippen molar-refractivity contribution in [1.82, 2.24) is 0 Å². The van der Waals surface area contributed by atoms with Gasteiger partial charge in [-0.2, -0.15) is 43.2 Å². The first-order chi connectivity index (χ1) is 14.7. The first kappa shape index (κ1) is 31.4. The molecule has 194 valence electrons. The van der Waals surface area contributed by atoms with Crippen molar-refractivity contribution in [2.45, 2.75) is 101 Å². The van der Waals surface area contributed by atoms with Gasteiger partial charge in [0.1, 0.15) is 0 Å². The largest absolute Gasteiger partial charge is 0.523 e. The third-order valence-electron chi connectivity index (χ3n) is 4.58. The summed E-state index contributed by atoms with van der Waals surface area (Å²) in [5.74, 6) is 0. The van der Waals surface area contributed by atoms with E-state index in [0.717, 1.165) is 64.2 Å². The fourth-order valence-electron chi connectivity index (χ4n) is 2.80. The van der Waals surface area contributed by atoms with Crippen LogP contribution < -0.4 is 0 Å². The standard InChI is InChI=1S/C18H32F6O6S2/c19-17(20,21)31(25,26)29-15-13-11-9-7-5-3-1-2-4-6-8-10-12-14-16-30-32(27,28)18(22,23)24/h1-16H2. The summed E-state index contributed by atoms with van der Waals surface area (Å²) in [6.07, 6.45) is 11.3. The SMILES string of the molecule is O=S(=O)(OCCCCCCCCCCCCCCCCOS(=O)(=O)C(F)(F)F)C(F)(F)F. The molecule has 0 bridgehead atoms. The lowest BCUT2D eigenvalue weighted by Gasteiger charge is -2.08. The maximum atomic E-state index is 12.0. The number of alkyl halides is 6. The number of rotatable bonds is 19. The van der Waals surface area contributed by atoms with E-state index in [1.54, 1.807) is 0 Å². The third kappa shape index (κ3) is 14.5. The minimum atomic E-state index is -5.49. The Morgan fingerprint density at radius 1 is 0.406 bits per heavy atom. The van der Waals surface area contributed by atoms with E-state index < -0.39 is 44.5 Å². The maximum absolute atomic E-state index is 12.0. The van der Waals surface area contributed by atoms with E-state index in [0.29, 0.717) is 12.8 Å². The molecule has 0 unspecified atom stereocenters. The average Bonchev–Trinajstić information content (AvgIpc) is 2.65. The lowest BCUT2D eigenvalue weighted by atomic mass is 10.0. The average molecular weight is 523 g/mol. The minimum Gasteiger partial charge on any atom is -0.263 e. The Kier molecular flexibility index (Phi) is 15.0. The van der Waals surface area contributed by atoms with Crippen LogP contribution in [0.2, 0.25) is 0 Å². The molecule has 32 heavy (non-hydrogen) atoms. The molecular formula is C18H32F6O6S2. The van der Waals surface area contributed by atoms with Gasteiger partial charge in [0.05, 0.1) is 13.2 Å². The van der Waals surface area contributed by atoms with Crippen molar-refractivity contribution in [3.8, 4) is 0 Å². The van der Waals surface area contributed by atoms with Crippen molar-refractivity contribution in [3.63, 3.8) is 0 Å². The zero-order valence-corrected chi connectivity index (χ0v) is 19.5. The summed E-state index contributed by atoms with van der Waals surface area (Å²) in [6, 6.07) is 0. The molecule has 14 heteroatoms. The molecule has 0 radical (unpaired) electrons. The van der Waals surface area contributed by atoms with Crippen molar-refractivity contribution in [2.75, 3.05) is 13.2 Å². The molecular weight excluding hydrogens is 490 g/mol. The van der Waals surface area contributed by atoms with Gasteiger partial charge >= 0.3 is 31.3 Å². The van der Waals surface area contributed by atoms with E-state index in [9.17, 15) is 43.2 Å². The van der Waals surface area contributed by atoms with Gasteiger partial charge in [0.25, 0.3) is 0 Å². The van der Waals surface area contributed by atoms with Gasteiger partial charge in [-0.3, -0.25) is 8.37 Å². The normalized spacial score (nSPS) is 13.6. The van der Waals surface area contributed by atoms with Gasteiger partial charge in [0.15, 0.2) is 0 Å². The molecule has 0 rings (SSSR count). The smallest absolute Gasteiger partial charge is 0.263 e. The Labute approximate surface area is 186 Å². The molecule has 0 saturated heterocycles. The third-order valence-corrected chi connectivity index (χ3v) is 6.67. The molecule has 0 aliphatic heterocycles. The van der Waals surface area contributed by atoms with E-state index in [-0.39, 0.29) is 12.8 Å². The van der Waals surface area contributed by atoms with Crippen LogP contribution in [0.4, 0.5) is 26.3 Å². The summed E-state index contributed by atoms with van der Waals surface area (Å²) in [5.41, 5.74) is -10.8. The van der Waals surface area contributed by atoms with Crippen molar-refractivity contribution in [3.05, 3.63) is 0 Å². The van der Waals surface area contributed by atoms with Crippen molar-refractivity contribution in [1.29, 1.82) is 0 Å². The molecule has 0 amide bonds. The summed E-state index contributed by atoms with van der Waals surface area (Å²) in [7, 11) is -11.0. The van der Waals surface area contributed by atoms with E-state index in [4.69, 9.17) is 0 Å². The van der Waals surface area contributed by atoms with Crippen molar-refractivity contribution in [2.24, 2.45) is 0 Å². The van der Waals surface area contributed by atoms with Gasteiger partial charge in [-0.25, -0.2) is 0 Å². The Morgan fingerprint density at radius 3 is 0.781 bits per heavy atom. The van der Waals surface area contributed by atoms with Crippen molar-refractivity contribution >= 4 is 20.2 Å². The fourth-order valence-corrected chi connectivity index (χ4v) is 3.74. The number of unbranched alkanes of at least 4 members (excludes halogenated alkanes) is 13. The molecule has 0 aliphatic carbocycles. The molecule has 0 aromatic rings. The molecule has 6 nitrogen and oxygen atoms in total. The summed E-state index contributed by atoms with van der Waals surface area (Å²) < 4.78 is 123. The second kappa shape index (κ2) is 15.3. The molecule has 0 atom stereocenters. The van der Waals surface area contributed by atoms with Crippen LogP contribution in [0.15, 0.2) is 0 Å². The Morgan fingerprint density at radius 2 is 0.594 bits per heavy atom. The summed E-state index contributed by atoms with van der Waals surface area (Å²) >= 11 is 0. The molecule has 0 aromatic carbocycles. The highest BCUT2D eigenvalue weighted by Gasteiger charge is 2.47. The van der Waals surface area contributed by atoms with Crippen LogP contribution in [0.25, 0.3) is 0 Å². The first-order valence-electron chi connectivity index (χ1n) is 10.6. The summed E-state index contributed by atoms with van der Waals surface area (Å²) in [6.45, 7) is -0.941. The Bertz CT molecular complexity index is 630. The molecule has 0 heterocycles. The van der Waals surface area contributed by atoms with Crippen LogP contribution in [0.5, 0.6) is 0 Å². The molecule has 0 aromatic heterocycles. The van der Waals surface area contributed by atoms with Gasteiger partial charge < -0.3 is 0 Å². The van der Waals surface area contributed by atoms with Gasteiger partial charge in [-0.05, 0) is 12.8 Å². The Hall–Kier alpha value is -0.600. The topological polar surface area (TPSA) is 86.7 Å². The van der Waals surface area contributed by atoms with Gasteiger partial charge in [0.2, 0.25) is 0 Å². The van der Waals surface area contributed by atoms with E-state index in [1.807, 2.05) is 0 Å². The molecule has 0 fully saturated rings. The summed E-state index contributed by atoms with van der Waals surface area (Å²) in [5, 5.41) is 0. The Balaban J connectivity index is 3.37. The fraction of sp³-hybridized carbons (Fsp3) is 1.00. The zero-order valence-electron chi connectivity index (χ0n) is 17.8. The number of hydrogen-bond acceptors (Lipinski definition) is 6. The maximum Gasteiger partial charge on any atom is 0.523 e. The van der Waals surface area contributed by atoms with Gasteiger partial charge in [-0.1, -0.05) is 77.0 Å². The predicted molar refractivity (Wildman–Crippen MR) is 106 cm³/mol. The highest BCUT2D eigenvalue weighted by Crippen LogP contribution is 2.25. The highest BCUT2D eigenvalue weighted by molar-refractivity contribution is 7.87. The van der Waals surface area contributed by atoms with Crippen LogP contribution >= 0.6 is 0 Å². The number of halogens is 6. The van der Waals surface area contributed by atoms with Gasteiger partial charge in [-0.15, -0.1) is 0 Å². The van der Waals surface area contributed by atoms with E-state index in [1.165, 1.54) is 0 Å². The van der Waals surface area contributed by atoms with Crippen LogP contribution in [-0.2, 0) is 28.6 Å². The minimum absolute atomic E-state index is 0.250. The van der Waals surface area contributed by atoms with Gasteiger partial charge in [0, 0.05) is 0 Å². The zero-order chi connectivity index (χ0) is 24.7. The lowest BCUT2D eigenvalue weighted by molar-refractivity contribution is -0.0547. The molecule has 0 spiro atoms.